The molecule has 1 fully saturated rings. The van der Waals surface area contributed by atoms with Gasteiger partial charge < -0.3 is 4.90 Å². The van der Waals surface area contributed by atoms with Gasteiger partial charge in [0.15, 0.2) is 0 Å². The summed E-state index contributed by atoms with van der Waals surface area (Å²) in [4.78, 5) is 14.0. The number of carbonyl (C=O) groups is 1. The predicted molar refractivity (Wildman–Crippen MR) is 71.3 cm³/mol. The van der Waals surface area contributed by atoms with Crippen molar-refractivity contribution in [2.24, 2.45) is 5.41 Å². The van der Waals surface area contributed by atoms with E-state index in [9.17, 15) is 4.79 Å². The quantitative estimate of drug-likeness (QED) is 0.722. The number of nitrogens with zero attached hydrogens (tertiary/aromatic N) is 1. The topological polar surface area (TPSA) is 20.3 Å². The first-order valence-electron chi connectivity index (χ1n) is 5.01. The number of thiophene rings is 1. The first-order chi connectivity index (χ1) is 6.98. The van der Waals surface area contributed by atoms with E-state index in [1.165, 1.54) is 2.88 Å². The molecule has 0 spiro atoms. The Balaban J connectivity index is 2.10. The van der Waals surface area contributed by atoms with E-state index >= 15 is 0 Å². The summed E-state index contributed by atoms with van der Waals surface area (Å²) in [5.74, 6) is 0.194. The summed E-state index contributed by atoms with van der Waals surface area (Å²) in [5.41, 5.74) is 1.14. The van der Waals surface area contributed by atoms with Crippen molar-refractivity contribution in [1.82, 2.24) is 4.90 Å². The Hall–Kier alpha value is -0.100. The SMILES string of the molecule is CC1(C)CCN(C(=O)c2csc(I)c2)C1. The first kappa shape index (κ1) is 11.4. The second kappa shape index (κ2) is 4.05. The van der Waals surface area contributed by atoms with Crippen LogP contribution in [-0.2, 0) is 0 Å². The molecule has 0 saturated carbocycles. The summed E-state index contributed by atoms with van der Waals surface area (Å²) in [6, 6.07) is 1.97. The number of likely N-dealkylation sites (tertiary alicyclic amines) is 1. The Morgan fingerprint density at radius 3 is 2.80 bits per heavy atom. The van der Waals surface area contributed by atoms with Gasteiger partial charge in [-0.2, -0.15) is 0 Å². The third-order valence-electron chi connectivity index (χ3n) is 2.78. The highest BCUT2D eigenvalue weighted by molar-refractivity contribution is 14.1. The Morgan fingerprint density at radius 2 is 2.33 bits per heavy atom. The molecular weight excluding hydrogens is 321 g/mol. The zero-order valence-electron chi connectivity index (χ0n) is 8.92. The maximum absolute atomic E-state index is 12.1. The third kappa shape index (κ3) is 2.53. The molecule has 4 heteroatoms. The smallest absolute Gasteiger partial charge is 0.254 e. The predicted octanol–water partition coefficient (Wildman–Crippen LogP) is 3.22. The van der Waals surface area contributed by atoms with Crippen LogP contribution in [0.4, 0.5) is 0 Å². The average molecular weight is 335 g/mol. The molecule has 0 bridgehead atoms. The van der Waals surface area contributed by atoms with Gasteiger partial charge in [-0.3, -0.25) is 4.79 Å². The fourth-order valence-corrected chi connectivity index (χ4v) is 3.21. The minimum absolute atomic E-state index is 0.194. The molecule has 15 heavy (non-hydrogen) atoms. The van der Waals surface area contributed by atoms with Crippen LogP contribution in [0.3, 0.4) is 0 Å². The number of hydrogen-bond donors (Lipinski definition) is 0. The summed E-state index contributed by atoms with van der Waals surface area (Å²) >= 11 is 3.88. The fourth-order valence-electron chi connectivity index (χ4n) is 1.89. The molecular formula is C11H14INOS. The molecule has 1 aliphatic rings. The largest absolute Gasteiger partial charge is 0.338 e. The lowest BCUT2D eigenvalue weighted by atomic mass is 9.93. The maximum Gasteiger partial charge on any atom is 0.254 e. The van der Waals surface area contributed by atoms with Crippen LogP contribution in [0.5, 0.6) is 0 Å². The molecule has 2 heterocycles. The van der Waals surface area contributed by atoms with Gasteiger partial charge >= 0.3 is 0 Å². The highest BCUT2D eigenvalue weighted by Gasteiger charge is 2.32. The fraction of sp³-hybridized carbons (Fsp3) is 0.545. The number of hydrogen-bond acceptors (Lipinski definition) is 2. The second-order valence-electron chi connectivity index (χ2n) is 4.78. The monoisotopic (exact) mass is 335 g/mol. The Morgan fingerprint density at radius 1 is 1.60 bits per heavy atom. The van der Waals surface area contributed by atoms with Crippen LogP contribution in [0.2, 0.25) is 0 Å². The van der Waals surface area contributed by atoms with Crippen molar-refractivity contribution in [2.45, 2.75) is 20.3 Å². The summed E-state index contributed by atoms with van der Waals surface area (Å²) in [6.07, 6.45) is 1.11. The van der Waals surface area contributed by atoms with Crippen LogP contribution in [0.15, 0.2) is 11.4 Å². The van der Waals surface area contributed by atoms with Gasteiger partial charge in [0.1, 0.15) is 0 Å². The summed E-state index contributed by atoms with van der Waals surface area (Å²) < 4.78 is 1.18. The zero-order chi connectivity index (χ0) is 11.1. The summed E-state index contributed by atoms with van der Waals surface area (Å²) in [5, 5.41) is 1.95. The van der Waals surface area contributed by atoms with Crippen LogP contribution in [0.25, 0.3) is 0 Å². The molecule has 2 nitrogen and oxygen atoms in total. The standard InChI is InChI=1S/C11H14INOS/c1-11(2)3-4-13(7-11)10(14)8-5-9(12)15-6-8/h5-6H,3-4,7H2,1-2H3. The van der Waals surface area contributed by atoms with Crippen molar-refractivity contribution in [1.29, 1.82) is 0 Å². The highest BCUT2D eigenvalue weighted by atomic mass is 127. The lowest BCUT2D eigenvalue weighted by molar-refractivity contribution is 0.0779. The van der Waals surface area contributed by atoms with Gasteiger partial charge in [-0.25, -0.2) is 0 Å². The minimum Gasteiger partial charge on any atom is -0.338 e. The molecule has 2 rings (SSSR count). The molecule has 1 aromatic rings. The van der Waals surface area contributed by atoms with Crippen LogP contribution in [0.1, 0.15) is 30.6 Å². The van der Waals surface area contributed by atoms with E-state index in [-0.39, 0.29) is 5.91 Å². The van der Waals surface area contributed by atoms with Crippen molar-refractivity contribution >= 4 is 39.8 Å². The van der Waals surface area contributed by atoms with Gasteiger partial charge in [0.25, 0.3) is 5.91 Å². The number of rotatable bonds is 1. The summed E-state index contributed by atoms with van der Waals surface area (Å²) in [7, 11) is 0. The Labute approximate surface area is 108 Å². The first-order valence-corrected chi connectivity index (χ1v) is 6.97. The molecule has 0 aromatic carbocycles. The molecule has 0 N–H and O–H groups in total. The normalized spacial score (nSPS) is 19.5. The molecule has 0 radical (unpaired) electrons. The van der Waals surface area contributed by atoms with Crippen molar-refractivity contribution in [3.63, 3.8) is 0 Å². The Kier molecular flexibility index (Phi) is 3.07. The van der Waals surface area contributed by atoms with Crippen molar-refractivity contribution < 1.29 is 4.79 Å². The second-order valence-corrected chi connectivity index (χ2v) is 7.59. The van der Waals surface area contributed by atoms with E-state index < -0.39 is 0 Å². The maximum atomic E-state index is 12.1. The molecule has 0 unspecified atom stereocenters. The zero-order valence-corrected chi connectivity index (χ0v) is 11.9. The van der Waals surface area contributed by atoms with Gasteiger partial charge in [-0.1, -0.05) is 13.8 Å². The van der Waals surface area contributed by atoms with Crippen LogP contribution in [-0.4, -0.2) is 23.9 Å². The Bertz CT molecular complexity index is 386. The highest BCUT2D eigenvalue weighted by Crippen LogP contribution is 2.30. The number of carbonyl (C=O) groups excluding carboxylic acids is 1. The molecule has 1 amide bonds. The van der Waals surface area contributed by atoms with Crippen molar-refractivity contribution in [3.05, 3.63) is 19.9 Å². The van der Waals surface area contributed by atoms with E-state index in [0.717, 1.165) is 25.1 Å². The third-order valence-corrected chi connectivity index (χ3v) is 4.57. The van der Waals surface area contributed by atoms with E-state index in [0.29, 0.717) is 5.41 Å². The van der Waals surface area contributed by atoms with Gasteiger partial charge in [0, 0.05) is 18.5 Å². The lowest BCUT2D eigenvalue weighted by Crippen LogP contribution is -2.29. The number of amides is 1. The van der Waals surface area contributed by atoms with Crippen molar-refractivity contribution in [2.75, 3.05) is 13.1 Å². The van der Waals surface area contributed by atoms with Crippen LogP contribution >= 0.6 is 33.9 Å². The van der Waals surface area contributed by atoms with E-state index in [2.05, 4.69) is 36.4 Å². The van der Waals surface area contributed by atoms with Gasteiger partial charge in [0.2, 0.25) is 0 Å². The molecule has 1 aromatic heterocycles. The van der Waals surface area contributed by atoms with Gasteiger partial charge in [-0.05, 0) is 40.5 Å². The molecule has 82 valence electrons. The lowest BCUT2D eigenvalue weighted by Gasteiger charge is -2.19. The molecule has 0 atom stereocenters. The number of halogens is 1. The summed E-state index contributed by atoms with van der Waals surface area (Å²) in [6.45, 7) is 6.23. The van der Waals surface area contributed by atoms with Crippen LogP contribution in [0, 0.1) is 8.30 Å². The molecule has 1 aliphatic heterocycles. The molecule has 1 saturated heterocycles. The van der Waals surface area contributed by atoms with Gasteiger partial charge in [0.05, 0.1) is 8.45 Å². The van der Waals surface area contributed by atoms with E-state index in [1.54, 1.807) is 11.3 Å². The minimum atomic E-state index is 0.194. The average Bonchev–Trinajstić information content (AvgIpc) is 2.71. The molecule has 0 aliphatic carbocycles. The van der Waals surface area contributed by atoms with Crippen LogP contribution < -0.4 is 0 Å². The van der Waals surface area contributed by atoms with E-state index in [1.807, 2.05) is 16.3 Å². The van der Waals surface area contributed by atoms with Gasteiger partial charge in [-0.15, -0.1) is 11.3 Å². The van der Waals surface area contributed by atoms with E-state index in [4.69, 9.17) is 0 Å². The van der Waals surface area contributed by atoms with Crippen molar-refractivity contribution in [3.8, 4) is 0 Å².